The first-order chi connectivity index (χ1) is 15.3. The lowest BCUT2D eigenvalue weighted by atomic mass is 9.96. The van der Waals surface area contributed by atoms with Crippen LogP contribution in [0, 0.1) is 11.6 Å². The summed E-state index contributed by atoms with van der Waals surface area (Å²) in [6.07, 6.45) is 0.616. The SMILES string of the molecule is O=C(CSC1CCS(=O)(=O)C1)N1CCN(C(c2ccc(F)cc2)c2ccc(F)cc2)CC1. The number of thioether (sulfide) groups is 1. The number of carbonyl (C=O) groups excluding carboxylic acids is 1. The van der Waals surface area contributed by atoms with E-state index in [1.165, 1.54) is 36.0 Å². The van der Waals surface area contributed by atoms with Gasteiger partial charge in [0.2, 0.25) is 5.91 Å². The molecule has 0 spiro atoms. The summed E-state index contributed by atoms with van der Waals surface area (Å²) in [5.74, 6) is 0.0734. The van der Waals surface area contributed by atoms with E-state index in [1.54, 1.807) is 24.3 Å². The second-order valence-corrected chi connectivity index (χ2v) is 11.8. The molecule has 1 amide bonds. The van der Waals surface area contributed by atoms with Crippen molar-refractivity contribution in [1.29, 1.82) is 0 Å². The lowest BCUT2D eigenvalue weighted by Crippen LogP contribution is -2.50. The molecular formula is C23H26F2N2O3S2. The van der Waals surface area contributed by atoms with Gasteiger partial charge in [0, 0.05) is 31.4 Å². The number of amides is 1. The van der Waals surface area contributed by atoms with Crippen molar-refractivity contribution in [3.63, 3.8) is 0 Å². The predicted molar refractivity (Wildman–Crippen MR) is 122 cm³/mol. The number of carbonyl (C=O) groups is 1. The van der Waals surface area contributed by atoms with Crippen molar-refractivity contribution in [2.75, 3.05) is 43.4 Å². The van der Waals surface area contributed by atoms with Gasteiger partial charge in [-0.25, -0.2) is 17.2 Å². The minimum atomic E-state index is -2.94. The Labute approximate surface area is 191 Å². The summed E-state index contributed by atoms with van der Waals surface area (Å²) >= 11 is 1.44. The van der Waals surface area contributed by atoms with Crippen LogP contribution >= 0.6 is 11.8 Å². The molecule has 1 unspecified atom stereocenters. The van der Waals surface area contributed by atoms with Crippen LogP contribution in [0.3, 0.4) is 0 Å². The fourth-order valence-electron chi connectivity index (χ4n) is 4.31. The lowest BCUT2D eigenvalue weighted by Gasteiger charge is -2.40. The van der Waals surface area contributed by atoms with Gasteiger partial charge in [0.1, 0.15) is 11.6 Å². The first-order valence-corrected chi connectivity index (χ1v) is 13.5. The summed E-state index contributed by atoms with van der Waals surface area (Å²) in [5, 5.41) is 0.00608. The number of piperazine rings is 1. The number of benzene rings is 2. The summed E-state index contributed by atoms with van der Waals surface area (Å²) in [6, 6.07) is 12.5. The normalized spacial score (nSPS) is 21.2. The molecular weight excluding hydrogens is 454 g/mol. The largest absolute Gasteiger partial charge is 0.339 e. The van der Waals surface area contributed by atoms with Crippen molar-refractivity contribution in [3.05, 3.63) is 71.3 Å². The van der Waals surface area contributed by atoms with Gasteiger partial charge in [-0.05, 0) is 41.8 Å². The number of sulfone groups is 1. The van der Waals surface area contributed by atoms with Crippen molar-refractivity contribution >= 4 is 27.5 Å². The summed E-state index contributed by atoms with van der Waals surface area (Å²) in [5.41, 5.74) is 1.83. The van der Waals surface area contributed by atoms with E-state index in [0.29, 0.717) is 38.4 Å². The number of rotatable bonds is 6. The Bertz CT molecular complexity index is 992. The standard InChI is InChI=1S/C23H26F2N2O3S2/c24-19-5-1-17(2-6-19)23(18-3-7-20(25)8-4-18)27-12-10-26(11-13-27)22(28)15-31-21-9-14-32(29,30)16-21/h1-8,21,23H,9-16H2. The van der Waals surface area contributed by atoms with Gasteiger partial charge in [0.25, 0.3) is 0 Å². The number of nitrogens with zero attached hydrogens (tertiary/aromatic N) is 2. The quantitative estimate of drug-likeness (QED) is 0.636. The highest BCUT2D eigenvalue weighted by Crippen LogP contribution is 2.30. The lowest BCUT2D eigenvalue weighted by molar-refractivity contribution is -0.130. The van der Waals surface area contributed by atoms with Crippen LogP contribution in [0.2, 0.25) is 0 Å². The Balaban J connectivity index is 1.39. The minimum Gasteiger partial charge on any atom is -0.339 e. The van der Waals surface area contributed by atoms with Crippen LogP contribution in [-0.2, 0) is 14.6 Å². The van der Waals surface area contributed by atoms with Crippen LogP contribution in [0.25, 0.3) is 0 Å². The molecule has 0 bridgehead atoms. The third-order valence-corrected chi connectivity index (χ3v) is 9.30. The third kappa shape index (κ3) is 5.68. The fraction of sp³-hybridized carbons (Fsp3) is 0.435. The highest BCUT2D eigenvalue weighted by Gasteiger charge is 2.31. The van der Waals surface area contributed by atoms with Crippen LogP contribution < -0.4 is 0 Å². The van der Waals surface area contributed by atoms with Crippen LogP contribution in [-0.4, -0.2) is 72.8 Å². The number of halogens is 2. The molecule has 2 aliphatic heterocycles. The molecule has 0 aromatic heterocycles. The van der Waals surface area contributed by atoms with Crippen molar-refractivity contribution < 1.29 is 22.0 Å². The maximum Gasteiger partial charge on any atom is 0.232 e. The van der Waals surface area contributed by atoms with Crippen molar-refractivity contribution in [1.82, 2.24) is 9.80 Å². The Morgan fingerprint density at radius 1 is 0.938 bits per heavy atom. The molecule has 0 saturated carbocycles. The highest BCUT2D eigenvalue weighted by molar-refractivity contribution is 8.02. The van der Waals surface area contributed by atoms with Crippen molar-refractivity contribution in [2.45, 2.75) is 17.7 Å². The molecule has 2 aliphatic rings. The van der Waals surface area contributed by atoms with Gasteiger partial charge in [-0.15, -0.1) is 11.8 Å². The average molecular weight is 481 g/mol. The van der Waals surface area contributed by atoms with E-state index < -0.39 is 9.84 Å². The van der Waals surface area contributed by atoms with Crippen molar-refractivity contribution in [2.24, 2.45) is 0 Å². The van der Waals surface area contributed by atoms with Crippen molar-refractivity contribution in [3.8, 4) is 0 Å². The van der Waals surface area contributed by atoms with E-state index in [-0.39, 0.29) is 40.3 Å². The first-order valence-electron chi connectivity index (χ1n) is 10.7. The van der Waals surface area contributed by atoms with E-state index in [4.69, 9.17) is 0 Å². The van der Waals surface area contributed by atoms with Gasteiger partial charge < -0.3 is 4.90 Å². The molecule has 32 heavy (non-hydrogen) atoms. The molecule has 5 nitrogen and oxygen atoms in total. The molecule has 2 heterocycles. The maximum atomic E-state index is 13.5. The average Bonchev–Trinajstić information content (AvgIpc) is 3.14. The smallest absolute Gasteiger partial charge is 0.232 e. The zero-order valence-corrected chi connectivity index (χ0v) is 19.3. The molecule has 2 saturated heterocycles. The molecule has 0 N–H and O–H groups in total. The molecule has 2 aromatic carbocycles. The molecule has 9 heteroatoms. The molecule has 0 aliphatic carbocycles. The van der Waals surface area contributed by atoms with Gasteiger partial charge in [-0.1, -0.05) is 24.3 Å². The first kappa shape index (κ1) is 23.2. The molecule has 4 rings (SSSR count). The van der Waals surface area contributed by atoms with Crippen LogP contribution in [0.15, 0.2) is 48.5 Å². The highest BCUT2D eigenvalue weighted by atomic mass is 32.2. The Morgan fingerprint density at radius 3 is 1.94 bits per heavy atom. The Kier molecular flexibility index (Phi) is 7.17. The molecule has 2 fully saturated rings. The molecule has 0 radical (unpaired) electrons. The second kappa shape index (κ2) is 9.89. The Hall–Kier alpha value is -1.97. The van der Waals surface area contributed by atoms with Gasteiger partial charge in [0.15, 0.2) is 9.84 Å². The minimum absolute atomic E-state index is 0.00608. The molecule has 2 aromatic rings. The number of hydrogen-bond donors (Lipinski definition) is 0. The Morgan fingerprint density at radius 2 is 1.47 bits per heavy atom. The second-order valence-electron chi connectivity index (χ2n) is 8.26. The summed E-state index contributed by atoms with van der Waals surface area (Å²) in [6.45, 7) is 2.38. The van der Waals surface area contributed by atoms with Crippen LogP contribution in [0.1, 0.15) is 23.6 Å². The predicted octanol–water partition coefficient (Wildman–Crippen LogP) is 3.12. The summed E-state index contributed by atoms with van der Waals surface area (Å²) < 4.78 is 50.1. The summed E-state index contributed by atoms with van der Waals surface area (Å²) in [7, 11) is -2.94. The summed E-state index contributed by atoms with van der Waals surface area (Å²) in [4.78, 5) is 16.7. The van der Waals surface area contributed by atoms with Crippen LogP contribution in [0.5, 0.6) is 0 Å². The monoisotopic (exact) mass is 480 g/mol. The van der Waals surface area contributed by atoms with Gasteiger partial charge in [0.05, 0.1) is 23.3 Å². The van der Waals surface area contributed by atoms with E-state index in [1.807, 2.05) is 4.90 Å². The van der Waals surface area contributed by atoms with Gasteiger partial charge >= 0.3 is 0 Å². The zero-order valence-electron chi connectivity index (χ0n) is 17.6. The number of hydrogen-bond acceptors (Lipinski definition) is 5. The van der Waals surface area contributed by atoms with E-state index in [0.717, 1.165) is 11.1 Å². The van der Waals surface area contributed by atoms with Gasteiger partial charge in [-0.2, -0.15) is 0 Å². The van der Waals surface area contributed by atoms with E-state index >= 15 is 0 Å². The third-order valence-electron chi connectivity index (χ3n) is 6.04. The fourth-order valence-corrected chi connectivity index (χ4v) is 7.85. The zero-order chi connectivity index (χ0) is 22.7. The van der Waals surface area contributed by atoms with E-state index in [9.17, 15) is 22.0 Å². The van der Waals surface area contributed by atoms with Gasteiger partial charge in [-0.3, -0.25) is 9.69 Å². The molecule has 1 atom stereocenters. The maximum absolute atomic E-state index is 13.5. The molecule has 172 valence electrons. The topological polar surface area (TPSA) is 57.7 Å². The van der Waals surface area contributed by atoms with Crippen LogP contribution in [0.4, 0.5) is 8.78 Å². The van der Waals surface area contributed by atoms with E-state index in [2.05, 4.69) is 4.90 Å².